The maximum absolute atomic E-state index is 12.6. The lowest BCUT2D eigenvalue weighted by atomic mass is 10.0. The molecule has 1 aliphatic heterocycles. The summed E-state index contributed by atoms with van der Waals surface area (Å²) in [5, 5.41) is 0.888. The number of aromatic amines is 2. The lowest BCUT2D eigenvalue weighted by Gasteiger charge is -2.32. The van der Waals surface area contributed by atoms with E-state index in [-0.39, 0.29) is 17.4 Å². The van der Waals surface area contributed by atoms with Gasteiger partial charge in [0.05, 0.1) is 32.1 Å². The molecule has 31 heavy (non-hydrogen) atoms. The summed E-state index contributed by atoms with van der Waals surface area (Å²) in [5.74, 6) is 0. The highest BCUT2D eigenvalue weighted by Crippen LogP contribution is 2.30. The second kappa shape index (κ2) is 8.22. The second-order valence-corrected chi connectivity index (χ2v) is 8.92. The number of halogens is 2. The topological polar surface area (TPSA) is 78.8 Å². The van der Waals surface area contributed by atoms with Crippen LogP contribution in [0.4, 0.5) is 0 Å². The number of aryl methyl sites for hydroxylation is 1. The number of benzene rings is 2. The average molecular weight is 460 g/mol. The lowest BCUT2D eigenvalue weighted by Crippen LogP contribution is -2.37. The predicted molar refractivity (Wildman–Crippen MR) is 124 cm³/mol. The van der Waals surface area contributed by atoms with Crippen LogP contribution in [0.25, 0.3) is 22.1 Å². The number of nitrogens with zero attached hydrogens (tertiary/aromatic N) is 3. The molecule has 2 aromatic carbocycles. The van der Waals surface area contributed by atoms with Crippen molar-refractivity contribution < 1.29 is 0 Å². The van der Waals surface area contributed by atoms with Crippen molar-refractivity contribution in [3.63, 3.8) is 0 Å². The molecule has 0 atom stereocenters. The van der Waals surface area contributed by atoms with E-state index < -0.39 is 0 Å². The molecule has 1 fully saturated rings. The van der Waals surface area contributed by atoms with Gasteiger partial charge in [-0.25, -0.2) is 9.59 Å². The molecular formula is C22H23Cl2N5O2. The van der Waals surface area contributed by atoms with Gasteiger partial charge in [-0.2, -0.15) is 0 Å². The number of nitrogens with one attached hydrogen (secondary N) is 2. The van der Waals surface area contributed by atoms with Crippen molar-refractivity contribution in [1.82, 2.24) is 24.0 Å². The molecule has 0 bridgehead atoms. The normalized spacial score (nSPS) is 15.9. The molecule has 1 saturated heterocycles. The Bertz CT molecular complexity index is 1360. The number of likely N-dealkylation sites (tertiary alicyclic amines) is 1. The number of hydrogen-bond donors (Lipinski definition) is 2. The Morgan fingerprint density at radius 3 is 2.39 bits per heavy atom. The molecule has 5 rings (SSSR count). The number of para-hydroxylation sites is 2. The second-order valence-electron chi connectivity index (χ2n) is 8.11. The summed E-state index contributed by atoms with van der Waals surface area (Å²) in [6, 6.07) is 11.4. The molecule has 0 saturated carbocycles. The van der Waals surface area contributed by atoms with E-state index in [9.17, 15) is 9.59 Å². The number of imidazole rings is 2. The van der Waals surface area contributed by atoms with E-state index in [0.717, 1.165) is 55.4 Å². The van der Waals surface area contributed by atoms with Crippen molar-refractivity contribution >= 4 is 45.3 Å². The van der Waals surface area contributed by atoms with Crippen LogP contribution >= 0.6 is 23.2 Å². The van der Waals surface area contributed by atoms with E-state index in [1.54, 1.807) is 12.1 Å². The summed E-state index contributed by atoms with van der Waals surface area (Å²) < 4.78 is 3.63. The quantitative estimate of drug-likeness (QED) is 0.473. The number of rotatable bonds is 5. The highest BCUT2D eigenvalue weighted by Gasteiger charge is 2.24. The Kier molecular flexibility index (Phi) is 5.42. The Morgan fingerprint density at radius 1 is 0.871 bits per heavy atom. The van der Waals surface area contributed by atoms with E-state index in [0.29, 0.717) is 22.1 Å². The van der Waals surface area contributed by atoms with Gasteiger partial charge in [-0.15, -0.1) is 0 Å². The molecular weight excluding hydrogens is 437 g/mol. The van der Waals surface area contributed by atoms with Crippen LogP contribution in [0.1, 0.15) is 25.3 Å². The van der Waals surface area contributed by atoms with Gasteiger partial charge in [-0.1, -0.05) is 35.3 Å². The highest BCUT2D eigenvalue weighted by atomic mass is 35.5. The van der Waals surface area contributed by atoms with Crippen molar-refractivity contribution in [2.75, 3.05) is 19.6 Å². The first kappa shape index (κ1) is 20.4. The SMILES string of the molecule is O=c1[nH]c2ccccc2n1CCCN1CCC(n2c(=O)[nH]c3cc(Cl)c(Cl)cc32)CC1. The van der Waals surface area contributed by atoms with Gasteiger partial charge < -0.3 is 14.9 Å². The molecule has 0 spiro atoms. The molecule has 162 valence electrons. The molecule has 0 amide bonds. The summed E-state index contributed by atoms with van der Waals surface area (Å²) in [7, 11) is 0. The zero-order chi connectivity index (χ0) is 21.5. The summed E-state index contributed by atoms with van der Waals surface area (Å²) in [5.41, 5.74) is 3.16. The smallest absolute Gasteiger partial charge is 0.306 e. The van der Waals surface area contributed by atoms with Gasteiger partial charge in [0.1, 0.15) is 0 Å². The van der Waals surface area contributed by atoms with Crippen LogP contribution in [0.3, 0.4) is 0 Å². The van der Waals surface area contributed by atoms with Gasteiger partial charge >= 0.3 is 11.4 Å². The maximum Gasteiger partial charge on any atom is 0.326 e. The van der Waals surface area contributed by atoms with Crippen molar-refractivity contribution in [1.29, 1.82) is 0 Å². The third-order valence-corrected chi connectivity index (χ3v) is 6.94. The fraction of sp³-hybridized carbons (Fsp3) is 0.364. The largest absolute Gasteiger partial charge is 0.326 e. The van der Waals surface area contributed by atoms with Crippen LogP contribution in [0.2, 0.25) is 10.0 Å². The molecule has 2 aromatic heterocycles. The predicted octanol–water partition coefficient (Wildman–Crippen LogP) is 4.01. The highest BCUT2D eigenvalue weighted by molar-refractivity contribution is 6.42. The fourth-order valence-electron chi connectivity index (χ4n) is 4.67. The van der Waals surface area contributed by atoms with E-state index in [4.69, 9.17) is 23.2 Å². The monoisotopic (exact) mass is 459 g/mol. The molecule has 2 N–H and O–H groups in total. The van der Waals surface area contributed by atoms with Gasteiger partial charge in [0.2, 0.25) is 0 Å². The first-order valence-electron chi connectivity index (χ1n) is 10.5. The van der Waals surface area contributed by atoms with E-state index in [2.05, 4.69) is 14.9 Å². The molecule has 0 aliphatic carbocycles. The molecule has 3 heterocycles. The summed E-state index contributed by atoms with van der Waals surface area (Å²) >= 11 is 12.3. The molecule has 1 aliphatic rings. The van der Waals surface area contributed by atoms with Crippen LogP contribution in [0.15, 0.2) is 46.0 Å². The van der Waals surface area contributed by atoms with Crippen LogP contribution in [0.5, 0.6) is 0 Å². The van der Waals surface area contributed by atoms with Crippen molar-refractivity contribution in [2.45, 2.75) is 31.8 Å². The summed E-state index contributed by atoms with van der Waals surface area (Å²) in [6.45, 7) is 3.43. The standard InChI is InChI=1S/C22H23Cl2N5O2/c23-15-12-18-20(13-16(15)24)29(22(31)26-18)14-6-10-27(11-7-14)8-3-9-28-19-5-2-1-4-17(19)25-21(28)30/h1-2,4-5,12-14H,3,6-11H2,(H,25,30)(H,26,31). The minimum absolute atomic E-state index is 0.0580. The van der Waals surface area contributed by atoms with E-state index in [1.807, 2.05) is 33.4 Å². The number of fused-ring (bicyclic) bond motifs is 2. The number of piperidine rings is 1. The molecule has 4 aromatic rings. The van der Waals surface area contributed by atoms with Gasteiger partial charge in [0.15, 0.2) is 0 Å². The average Bonchev–Trinajstić information content (AvgIpc) is 3.24. The zero-order valence-electron chi connectivity index (χ0n) is 16.9. The third-order valence-electron chi connectivity index (χ3n) is 6.22. The summed E-state index contributed by atoms with van der Waals surface area (Å²) in [6.07, 6.45) is 2.67. The number of hydrogen-bond acceptors (Lipinski definition) is 3. The van der Waals surface area contributed by atoms with Crippen molar-refractivity contribution in [2.24, 2.45) is 0 Å². The van der Waals surface area contributed by atoms with Crippen LogP contribution in [-0.2, 0) is 6.54 Å². The Labute approximate surface area is 188 Å². The van der Waals surface area contributed by atoms with Gasteiger partial charge in [-0.05, 0) is 50.1 Å². The van der Waals surface area contributed by atoms with Gasteiger partial charge in [0, 0.05) is 25.7 Å². The van der Waals surface area contributed by atoms with Gasteiger partial charge in [-0.3, -0.25) is 9.13 Å². The lowest BCUT2D eigenvalue weighted by molar-refractivity contribution is 0.183. The molecule has 0 unspecified atom stereocenters. The zero-order valence-corrected chi connectivity index (χ0v) is 18.4. The Balaban J connectivity index is 1.22. The number of H-pyrrole nitrogens is 2. The fourth-order valence-corrected chi connectivity index (χ4v) is 4.99. The van der Waals surface area contributed by atoms with Crippen LogP contribution in [0, 0.1) is 0 Å². The van der Waals surface area contributed by atoms with Crippen molar-refractivity contribution in [3.05, 3.63) is 67.4 Å². The minimum atomic E-state index is -0.120. The first-order valence-corrected chi connectivity index (χ1v) is 11.3. The molecule has 9 heteroatoms. The molecule has 7 nitrogen and oxygen atoms in total. The van der Waals surface area contributed by atoms with Crippen molar-refractivity contribution in [3.8, 4) is 0 Å². The van der Waals surface area contributed by atoms with E-state index >= 15 is 0 Å². The third kappa shape index (κ3) is 3.82. The number of aromatic nitrogens is 4. The van der Waals surface area contributed by atoms with Crippen LogP contribution in [-0.4, -0.2) is 43.6 Å². The van der Waals surface area contributed by atoms with E-state index in [1.165, 1.54) is 0 Å². The minimum Gasteiger partial charge on any atom is -0.306 e. The Morgan fingerprint density at radius 2 is 1.58 bits per heavy atom. The maximum atomic E-state index is 12.6. The van der Waals surface area contributed by atoms with Gasteiger partial charge in [0.25, 0.3) is 0 Å². The first-order chi connectivity index (χ1) is 15.0. The summed E-state index contributed by atoms with van der Waals surface area (Å²) in [4.78, 5) is 33.0. The van der Waals surface area contributed by atoms with Crippen LogP contribution < -0.4 is 11.4 Å². The molecule has 0 radical (unpaired) electrons. The Hall–Kier alpha value is -2.48.